The molecule has 0 atom stereocenters. The fourth-order valence-electron chi connectivity index (χ4n) is 3.62. The Morgan fingerprint density at radius 1 is 0.474 bits per heavy atom. The molecule has 0 aromatic heterocycles. The van der Waals surface area contributed by atoms with Crippen LogP contribution in [0, 0.1) is 0 Å². The van der Waals surface area contributed by atoms with Crippen molar-refractivity contribution in [1.29, 1.82) is 0 Å². The number of carbonyl (C=O) groups is 4. The van der Waals surface area contributed by atoms with E-state index in [1.165, 1.54) is 12.1 Å². The second-order valence-corrected chi connectivity index (χ2v) is 8.10. The van der Waals surface area contributed by atoms with Crippen molar-refractivity contribution >= 4 is 44.7 Å². The summed E-state index contributed by atoms with van der Waals surface area (Å²) in [6.07, 6.45) is -12.3. The average molecular weight is 532 g/mol. The molecular weight excluding hydrogens is 514 g/mol. The molecule has 0 aliphatic carbocycles. The van der Waals surface area contributed by atoms with Gasteiger partial charge in [0.25, 0.3) is 0 Å². The lowest BCUT2D eigenvalue weighted by Crippen LogP contribution is -2.25. The highest BCUT2D eigenvalue weighted by Crippen LogP contribution is 2.24. The first-order valence-electron chi connectivity index (χ1n) is 11.0. The van der Waals surface area contributed by atoms with Crippen LogP contribution in [-0.4, -0.2) is 35.5 Å². The summed E-state index contributed by atoms with van der Waals surface area (Å²) in [5.74, 6) is -5.69. The third-order valence-corrected chi connectivity index (χ3v) is 5.45. The van der Waals surface area contributed by atoms with E-state index < -0.39 is 48.3 Å². The van der Waals surface area contributed by atoms with Gasteiger partial charge in [0.15, 0.2) is 11.6 Å². The van der Waals surface area contributed by atoms with Gasteiger partial charge >= 0.3 is 12.4 Å². The van der Waals surface area contributed by atoms with Crippen molar-refractivity contribution < 1.29 is 45.5 Å². The smallest absolute Gasteiger partial charge is 0.294 e. The van der Waals surface area contributed by atoms with Gasteiger partial charge in [-0.1, -0.05) is 84.9 Å². The summed E-state index contributed by atoms with van der Waals surface area (Å²) in [5.41, 5.74) is 0.270. The number of carbonyl (C=O) groups excluding carboxylic acids is 4. The van der Waals surface area contributed by atoms with E-state index in [1.807, 2.05) is 0 Å². The second-order valence-electron chi connectivity index (χ2n) is 8.10. The van der Waals surface area contributed by atoms with Crippen LogP contribution in [0.4, 0.5) is 26.3 Å². The highest BCUT2D eigenvalue weighted by Gasteiger charge is 2.40. The minimum absolute atomic E-state index is 0.135. The van der Waals surface area contributed by atoms with Gasteiger partial charge in [-0.3, -0.25) is 19.2 Å². The van der Waals surface area contributed by atoms with Crippen molar-refractivity contribution in [2.24, 2.45) is 0 Å². The lowest BCUT2D eigenvalue weighted by Gasteiger charge is -2.07. The Morgan fingerprint density at radius 2 is 0.789 bits per heavy atom. The Kier molecular flexibility index (Phi) is 8.45. The number of hydrogen-bond acceptors (Lipinski definition) is 4. The van der Waals surface area contributed by atoms with Crippen molar-refractivity contribution in [2.45, 2.75) is 25.2 Å². The van der Waals surface area contributed by atoms with Crippen LogP contribution in [0.25, 0.3) is 21.5 Å². The molecule has 0 bridgehead atoms. The maximum atomic E-state index is 12.1. The summed E-state index contributed by atoms with van der Waals surface area (Å²) in [5, 5.41) is 2.58. The zero-order valence-corrected chi connectivity index (χ0v) is 19.4. The number of ketones is 4. The molecule has 0 radical (unpaired) electrons. The maximum Gasteiger partial charge on any atom is 0.450 e. The minimum atomic E-state index is -4.97. The number of halogens is 6. The summed E-state index contributed by atoms with van der Waals surface area (Å²) >= 11 is 0. The Bertz CT molecular complexity index is 1390. The van der Waals surface area contributed by atoms with Crippen molar-refractivity contribution in [2.75, 3.05) is 0 Å². The van der Waals surface area contributed by atoms with E-state index in [-0.39, 0.29) is 11.1 Å². The van der Waals surface area contributed by atoms with Crippen LogP contribution in [0.2, 0.25) is 0 Å². The fourth-order valence-corrected chi connectivity index (χ4v) is 3.62. The maximum absolute atomic E-state index is 12.1. The molecule has 0 unspecified atom stereocenters. The molecule has 4 aromatic carbocycles. The number of hydrogen-bond donors (Lipinski definition) is 0. The normalized spacial score (nSPS) is 11.5. The first-order chi connectivity index (χ1) is 17.8. The van der Waals surface area contributed by atoms with E-state index in [0.29, 0.717) is 10.8 Å². The number of fused-ring (bicyclic) bond motifs is 2. The fraction of sp³-hybridized carbons (Fsp3) is 0.143. The first-order valence-corrected chi connectivity index (χ1v) is 11.0. The van der Waals surface area contributed by atoms with Gasteiger partial charge in [-0.15, -0.1) is 0 Å². The van der Waals surface area contributed by atoms with E-state index >= 15 is 0 Å². The summed E-state index contributed by atoms with van der Waals surface area (Å²) < 4.78 is 72.8. The lowest BCUT2D eigenvalue weighted by molar-refractivity contribution is -0.170. The molecule has 0 aliphatic rings. The van der Waals surface area contributed by atoms with E-state index in [4.69, 9.17) is 0 Å². The predicted octanol–water partition coefficient (Wildman–Crippen LogP) is 7.09. The quantitative estimate of drug-likeness (QED) is 0.151. The van der Waals surface area contributed by atoms with E-state index in [9.17, 15) is 45.5 Å². The van der Waals surface area contributed by atoms with Crippen LogP contribution in [-0.2, 0) is 9.59 Å². The molecule has 0 fully saturated rings. The Balaban J connectivity index is 0.000000211. The average Bonchev–Trinajstić information content (AvgIpc) is 2.87. The predicted molar refractivity (Wildman–Crippen MR) is 128 cm³/mol. The molecule has 4 nitrogen and oxygen atoms in total. The molecule has 38 heavy (non-hydrogen) atoms. The highest BCUT2D eigenvalue weighted by molar-refractivity contribution is 6.16. The molecule has 0 aliphatic heterocycles. The summed E-state index contributed by atoms with van der Waals surface area (Å²) in [4.78, 5) is 45.3. The van der Waals surface area contributed by atoms with Gasteiger partial charge in [-0.2, -0.15) is 26.3 Å². The van der Waals surface area contributed by atoms with E-state index in [2.05, 4.69) is 0 Å². The second kappa shape index (κ2) is 11.4. The van der Waals surface area contributed by atoms with Gasteiger partial charge in [0, 0.05) is 11.1 Å². The van der Waals surface area contributed by atoms with Gasteiger partial charge in [-0.25, -0.2) is 0 Å². The zero-order chi connectivity index (χ0) is 28.1. The molecule has 0 saturated heterocycles. The standard InChI is InChI=1S/2C14H9F3O2/c2*15-14(16,17)13(19)8-12(18)11-7-3-5-9-4-1-2-6-10(9)11/h2*1-7H,8H2. The highest BCUT2D eigenvalue weighted by atomic mass is 19.4. The van der Waals surface area contributed by atoms with Gasteiger partial charge in [-0.05, 0) is 21.5 Å². The van der Waals surface area contributed by atoms with E-state index in [1.54, 1.807) is 72.8 Å². The van der Waals surface area contributed by atoms with Crippen LogP contribution < -0.4 is 0 Å². The third kappa shape index (κ3) is 6.90. The molecule has 0 saturated carbocycles. The van der Waals surface area contributed by atoms with Crippen LogP contribution in [0.3, 0.4) is 0 Å². The number of alkyl halides is 6. The molecule has 0 heterocycles. The van der Waals surface area contributed by atoms with E-state index in [0.717, 1.165) is 10.8 Å². The number of rotatable bonds is 6. The Morgan fingerprint density at radius 3 is 1.13 bits per heavy atom. The zero-order valence-electron chi connectivity index (χ0n) is 19.4. The van der Waals surface area contributed by atoms with Crippen LogP contribution in [0.5, 0.6) is 0 Å². The van der Waals surface area contributed by atoms with Crippen molar-refractivity contribution in [1.82, 2.24) is 0 Å². The molecule has 0 N–H and O–H groups in total. The number of Topliss-reactive ketones (excluding diaryl/α,β-unsaturated/α-hetero) is 4. The van der Waals surface area contributed by atoms with Crippen molar-refractivity contribution in [3.63, 3.8) is 0 Å². The van der Waals surface area contributed by atoms with Crippen LogP contribution in [0.1, 0.15) is 33.6 Å². The Hall–Kier alpha value is -4.34. The molecule has 4 rings (SSSR count). The van der Waals surface area contributed by atoms with Gasteiger partial charge < -0.3 is 0 Å². The monoisotopic (exact) mass is 532 g/mol. The lowest BCUT2D eigenvalue weighted by atomic mass is 9.99. The Labute approximate surface area is 211 Å². The molecular formula is C28H18F6O4. The molecule has 0 amide bonds. The topological polar surface area (TPSA) is 68.3 Å². The summed E-state index contributed by atoms with van der Waals surface area (Å²) in [6, 6.07) is 23.2. The van der Waals surface area contributed by atoms with Crippen molar-refractivity contribution in [3.05, 3.63) is 96.1 Å². The molecule has 4 aromatic rings. The largest absolute Gasteiger partial charge is 0.450 e. The van der Waals surface area contributed by atoms with Gasteiger partial charge in [0.1, 0.15) is 0 Å². The molecule has 0 spiro atoms. The minimum Gasteiger partial charge on any atom is -0.294 e. The third-order valence-electron chi connectivity index (χ3n) is 5.45. The van der Waals surface area contributed by atoms with Crippen LogP contribution >= 0.6 is 0 Å². The first kappa shape index (κ1) is 28.2. The summed E-state index contributed by atoms with van der Waals surface area (Å²) in [6.45, 7) is 0. The number of benzene rings is 4. The van der Waals surface area contributed by atoms with Gasteiger partial charge in [0.05, 0.1) is 12.8 Å². The van der Waals surface area contributed by atoms with Crippen molar-refractivity contribution in [3.8, 4) is 0 Å². The molecule has 196 valence electrons. The van der Waals surface area contributed by atoms with Crippen LogP contribution in [0.15, 0.2) is 84.9 Å². The summed E-state index contributed by atoms with van der Waals surface area (Å²) in [7, 11) is 0. The molecule has 10 heteroatoms. The SMILES string of the molecule is O=C(CC(=O)C(F)(F)F)c1cccc2ccccc12.O=C(CC(=O)C(F)(F)F)c1cccc2ccccc12. The van der Waals surface area contributed by atoms with Gasteiger partial charge in [0.2, 0.25) is 11.6 Å².